The molecule has 90 valence electrons. The zero-order valence-corrected chi connectivity index (χ0v) is 9.06. The summed E-state index contributed by atoms with van der Waals surface area (Å²) in [7, 11) is 0. The molecule has 0 aromatic heterocycles. The molecule has 1 aliphatic heterocycles. The van der Waals surface area contributed by atoms with Crippen LogP contribution in [-0.4, -0.2) is 55.0 Å². The number of piperazine rings is 1. The molecule has 16 heavy (non-hydrogen) atoms. The normalized spacial score (nSPS) is 20.9. The summed E-state index contributed by atoms with van der Waals surface area (Å²) in [4.78, 5) is 35.1. The summed E-state index contributed by atoms with van der Waals surface area (Å²) in [5.74, 6) is -1.33. The minimum Gasteiger partial charge on any atom is -0.370 e. The average Bonchev–Trinajstić information content (AvgIpc) is 2.23. The Bertz CT molecular complexity index is 305. The third-order valence-corrected chi connectivity index (χ3v) is 2.23. The summed E-state index contributed by atoms with van der Waals surface area (Å²) in [6.45, 7) is 1.87. The number of imide groups is 1. The molecule has 0 aliphatic carbocycles. The first-order valence-electron chi connectivity index (χ1n) is 4.97. The number of rotatable bonds is 4. The van der Waals surface area contributed by atoms with Gasteiger partial charge in [-0.2, -0.15) is 0 Å². The molecule has 1 heterocycles. The molecule has 0 radical (unpaired) electrons. The van der Waals surface area contributed by atoms with Crippen LogP contribution in [0.4, 0.5) is 0 Å². The van der Waals surface area contributed by atoms with Crippen molar-refractivity contribution < 1.29 is 19.1 Å². The summed E-state index contributed by atoms with van der Waals surface area (Å²) < 4.78 is 4.96. The van der Waals surface area contributed by atoms with E-state index in [0.717, 1.165) is 0 Å². The van der Waals surface area contributed by atoms with Crippen molar-refractivity contribution in [1.29, 1.82) is 0 Å². The van der Waals surface area contributed by atoms with Crippen molar-refractivity contribution >= 4 is 17.7 Å². The van der Waals surface area contributed by atoms with Crippen molar-refractivity contribution in [2.75, 3.05) is 26.3 Å². The molecule has 3 amide bonds. The smallest absolute Gasteiger partial charge is 0.249 e. The SMILES string of the molecule is CC1C(=O)NC(=O)CN1C(=O)COCCN. The van der Waals surface area contributed by atoms with Crippen LogP contribution in [0.3, 0.4) is 0 Å². The van der Waals surface area contributed by atoms with Gasteiger partial charge in [-0.1, -0.05) is 0 Å². The quantitative estimate of drug-likeness (QED) is 0.422. The fraction of sp³-hybridized carbons (Fsp3) is 0.667. The van der Waals surface area contributed by atoms with E-state index in [1.54, 1.807) is 6.92 Å². The number of hydrogen-bond donors (Lipinski definition) is 2. The molecule has 1 rings (SSSR count). The first kappa shape index (κ1) is 12.6. The first-order chi connectivity index (χ1) is 7.56. The standard InChI is InChI=1S/C9H15N3O4/c1-6-9(15)11-7(13)4-12(6)8(14)5-16-3-2-10/h6H,2-5,10H2,1H3,(H,11,13,15). The first-order valence-corrected chi connectivity index (χ1v) is 4.97. The van der Waals surface area contributed by atoms with Gasteiger partial charge >= 0.3 is 0 Å². The number of amides is 3. The molecule has 7 nitrogen and oxygen atoms in total. The molecular weight excluding hydrogens is 214 g/mol. The topological polar surface area (TPSA) is 102 Å². The molecule has 1 saturated heterocycles. The van der Waals surface area contributed by atoms with Crippen LogP contribution >= 0.6 is 0 Å². The third-order valence-electron chi connectivity index (χ3n) is 2.23. The van der Waals surface area contributed by atoms with Crippen molar-refractivity contribution in [2.24, 2.45) is 5.73 Å². The van der Waals surface area contributed by atoms with E-state index >= 15 is 0 Å². The number of nitrogens with zero attached hydrogens (tertiary/aromatic N) is 1. The van der Waals surface area contributed by atoms with Gasteiger partial charge in [0.1, 0.15) is 19.2 Å². The number of hydrogen-bond acceptors (Lipinski definition) is 5. The summed E-state index contributed by atoms with van der Waals surface area (Å²) in [5.41, 5.74) is 5.20. The van der Waals surface area contributed by atoms with Gasteiger partial charge in [0.15, 0.2) is 0 Å². The maximum atomic E-state index is 11.6. The highest BCUT2D eigenvalue weighted by Gasteiger charge is 2.33. The minimum absolute atomic E-state index is 0.113. The van der Waals surface area contributed by atoms with Gasteiger partial charge < -0.3 is 15.4 Å². The Morgan fingerprint density at radius 3 is 2.94 bits per heavy atom. The lowest BCUT2D eigenvalue weighted by Gasteiger charge is -2.31. The Morgan fingerprint density at radius 1 is 1.62 bits per heavy atom. The fourth-order valence-electron chi connectivity index (χ4n) is 1.34. The van der Waals surface area contributed by atoms with Gasteiger partial charge in [-0.15, -0.1) is 0 Å². The van der Waals surface area contributed by atoms with E-state index < -0.39 is 17.9 Å². The maximum Gasteiger partial charge on any atom is 0.249 e. The summed E-state index contributed by atoms with van der Waals surface area (Å²) in [5, 5.41) is 2.15. The zero-order valence-electron chi connectivity index (χ0n) is 9.06. The molecule has 7 heteroatoms. The van der Waals surface area contributed by atoms with E-state index in [2.05, 4.69) is 5.32 Å². The fourth-order valence-corrected chi connectivity index (χ4v) is 1.34. The average molecular weight is 229 g/mol. The molecule has 1 atom stereocenters. The molecule has 3 N–H and O–H groups in total. The highest BCUT2D eigenvalue weighted by molar-refractivity contribution is 6.04. The van der Waals surface area contributed by atoms with E-state index in [1.807, 2.05) is 0 Å². The van der Waals surface area contributed by atoms with Gasteiger partial charge in [-0.25, -0.2) is 0 Å². The second-order valence-electron chi connectivity index (χ2n) is 3.45. The Morgan fingerprint density at radius 2 is 2.31 bits per heavy atom. The highest BCUT2D eigenvalue weighted by atomic mass is 16.5. The van der Waals surface area contributed by atoms with E-state index in [4.69, 9.17) is 10.5 Å². The Kier molecular flexibility index (Phi) is 4.39. The van der Waals surface area contributed by atoms with Crippen molar-refractivity contribution in [2.45, 2.75) is 13.0 Å². The second-order valence-corrected chi connectivity index (χ2v) is 3.45. The summed E-state index contributed by atoms with van der Waals surface area (Å²) in [6, 6.07) is -0.647. The number of carbonyl (C=O) groups excluding carboxylic acids is 3. The summed E-state index contributed by atoms with van der Waals surface area (Å²) >= 11 is 0. The number of carbonyl (C=O) groups is 3. The van der Waals surface area contributed by atoms with Crippen molar-refractivity contribution in [1.82, 2.24) is 10.2 Å². The van der Waals surface area contributed by atoms with Crippen LogP contribution in [0.1, 0.15) is 6.92 Å². The second kappa shape index (κ2) is 5.57. The third kappa shape index (κ3) is 3.01. The number of ether oxygens (including phenoxy) is 1. The Labute approximate surface area is 92.9 Å². The predicted molar refractivity (Wildman–Crippen MR) is 54.2 cm³/mol. The zero-order chi connectivity index (χ0) is 12.1. The predicted octanol–water partition coefficient (Wildman–Crippen LogP) is -2.16. The van der Waals surface area contributed by atoms with Gasteiger partial charge in [0.2, 0.25) is 17.7 Å². The highest BCUT2D eigenvalue weighted by Crippen LogP contribution is 2.05. The van der Waals surface area contributed by atoms with E-state index in [1.165, 1.54) is 4.90 Å². The van der Waals surface area contributed by atoms with Crippen LogP contribution in [0.25, 0.3) is 0 Å². The molecule has 0 saturated carbocycles. The van der Waals surface area contributed by atoms with Gasteiger partial charge in [-0.3, -0.25) is 19.7 Å². The summed E-state index contributed by atoms with van der Waals surface area (Å²) in [6.07, 6.45) is 0. The van der Waals surface area contributed by atoms with E-state index in [0.29, 0.717) is 6.54 Å². The van der Waals surface area contributed by atoms with Crippen molar-refractivity contribution in [3.05, 3.63) is 0 Å². The lowest BCUT2D eigenvalue weighted by atomic mass is 10.2. The van der Waals surface area contributed by atoms with Crippen LogP contribution in [0.5, 0.6) is 0 Å². The Balaban J connectivity index is 2.53. The van der Waals surface area contributed by atoms with Crippen molar-refractivity contribution in [3.63, 3.8) is 0 Å². The number of nitrogens with one attached hydrogen (secondary N) is 1. The molecule has 1 aliphatic rings. The Hall–Kier alpha value is -1.47. The van der Waals surface area contributed by atoms with Crippen LogP contribution in [0.2, 0.25) is 0 Å². The monoisotopic (exact) mass is 229 g/mol. The molecule has 1 unspecified atom stereocenters. The largest absolute Gasteiger partial charge is 0.370 e. The van der Waals surface area contributed by atoms with E-state index in [-0.39, 0.29) is 25.7 Å². The lowest BCUT2D eigenvalue weighted by Crippen LogP contribution is -2.59. The van der Waals surface area contributed by atoms with Crippen LogP contribution in [-0.2, 0) is 19.1 Å². The molecular formula is C9H15N3O4. The molecule has 0 spiro atoms. The van der Waals surface area contributed by atoms with Gasteiger partial charge in [0.25, 0.3) is 0 Å². The molecule has 0 bridgehead atoms. The van der Waals surface area contributed by atoms with Gasteiger partial charge in [0.05, 0.1) is 6.61 Å². The molecule has 0 aromatic rings. The van der Waals surface area contributed by atoms with Crippen molar-refractivity contribution in [3.8, 4) is 0 Å². The van der Waals surface area contributed by atoms with E-state index in [9.17, 15) is 14.4 Å². The molecule has 0 aromatic carbocycles. The lowest BCUT2D eigenvalue weighted by molar-refractivity contribution is -0.151. The van der Waals surface area contributed by atoms with Crippen LogP contribution in [0.15, 0.2) is 0 Å². The molecule has 1 fully saturated rings. The number of nitrogens with two attached hydrogens (primary N) is 1. The van der Waals surface area contributed by atoms with Gasteiger partial charge in [0, 0.05) is 6.54 Å². The van der Waals surface area contributed by atoms with Crippen LogP contribution in [0, 0.1) is 0 Å². The van der Waals surface area contributed by atoms with Gasteiger partial charge in [-0.05, 0) is 6.92 Å². The van der Waals surface area contributed by atoms with Crippen LogP contribution < -0.4 is 11.1 Å². The maximum absolute atomic E-state index is 11.6. The minimum atomic E-state index is -0.647.